The molecule has 0 atom stereocenters. The van der Waals surface area contributed by atoms with Crippen molar-refractivity contribution in [1.29, 1.82) is 0 Å². The minimum Gasteiger partial charge on any atom is -0.294 e. The van der Waals surface area contributed by atoms with Gasteiger partial charge >= 0.3 is 0 Å². The van der Waals surface area contributed by atoms with Crippen molar-refractivity contribution < 1.29 is 9.59 Å². The Hall–Kier alpha value is -1.70. The van der Waals surface area contributed by atoms with Gasteiger partial charge in [-0.05, 0) is 13.0 Å². The van der Waals surface area contributed by atoms with Gasteiger partial charge in [0.15, 0.2) is 6.29 Å². The SMILES string of the molecule is C/C=C/C(=O)C=O.c1ccccc1. The van der Waals surface area contributed by atoms with Crippen LogP contribution in [0.15, 0.2) is 48.6 Å². The van der Waals surface area contributed by atoms with Crippen molar-refractivity contribution in [2.75, 3.05) is 0 Å². The molecule has 0 aliphatic rings. The van der Waals surface area contributed by atoms with Gasteiger partial charge in [-0.25, -0.2) is 0 Å². The van der Waals surface area contributed by atoms with Crippen LogP contribution in [-0.2, 0) is 9.59 Å². The molecule has 68 valence electrons. The largest absolute Gasteiger partial charge is 0.294 e. The molecule has 0 fully saturated rings. The zero-order chi connectivity index (χ0) is 9.94. The molecule has 0 unspecified atom stereocenters. The third kappa shape index (κ3) is 8.20. The Bertz CT molecular complexity index is 236. The average Bonchev–Trinajstić information content (AvgIpc) is 2.22. The molecule has 0 saturated carbocycles. The quantitative estimate of drug-likeness (QED) is 0.392. The molecular weight excluding hydrogens is 164 g/mol. The second kappa shape index (κ2) is 8.40. The molecule has 2 nitrogen and oxygen atoms in total. The summed E-state index contributed by atoms with van der Waals surface area (Å²) < 4.78 is 0. The van der Waals surface area contributed by atoms with Crippen LogP contribution in [0.2, 0.25) is 0 Å². The van der Waals surface area contributed by atoms with Gasteiger partial charge < -0.3 is 0 Å². The molecule has 0 spiro atoms. The third-order valence-corrected chi connectivity index (χ3v) is 1.11. The molecule has 0 N–H and O–H groups in total. The molecule has 0 heterocycles. The number of rotatable bonds is 2. The summed E-state index contributed by atoms with van der Waals surface area (Å²) in [5, 5.41) is 0. The first-order valence-electron chi connectivity index (χ1n) is 3.93. The standard InChI is InChI=1S/C6H6.C5H6O2/c1-2-4-6-5-3-1;1-2-3-5(7)4-6/h1-6H;2-4H,1H3/b;3-2+. The Labute approximate surface area is 77.9 Å². The van der Waals surface area contributed by atoms with Gasteiger partial charge in [0.05, 0.1) is 0 Å². The van der Waals surface area contributed by atoms with Crippen LogP contribution in [0.5, 0.6) is 0 Å². The molecule has 1 aromatic rings. The van der Waals surface area contributed by atoms with Crippen LogP contribution in [0.3, 0.4) is 0 Å². The van der Waals surface area contributed by atoms with E-state index in [1.165, 1.54) is 12.2 Å². The predicted molar refractivity (Wildman–Crippen MR) is 52.3 cm³/mol. The molecule has 1 aromatic carbocycles. The molecule has 13 heavy (non-hydrogen) atoms. The van der Waals surface area contributed by atoms with E-state index in [9.17, 15) is 9.59 Å². The summed E-state index contributed by atoms with van der Waals surface area (Å²) in [4.78, 5) is 19.5. The fourth-order valence-electron chi connectivity index (χ4n) is 0.588. The highest BCUT2D eigenvalue weighted by atomic mass is 16.2. The lowest BCUT2D eigenvalue weighted by molar-refractivity contribution is -0.126. The van der Waals surface area contributed by atoms with Gasteiger partial charge in [-0.1, -0.05) is 42.5 Å². The Morgan fingerprint density at radius 3 is 1.54 bits per heavy atom. The third-order valence-electron chi connectivity index (χ3n) is 1.11. The van der Waals surface area contributed by atoms with Gasteiger partial charge in [0.25, 0.3) is 0 Å². The first kappa shape index (κ1) is 11.3. The topological polar surface area (TPSA) is 34.1 Å². The number of carbonyl (C=O) groups excluding carboxylic acids is 2. The van der Waals surface area contributed by atoms with Gasteiger partial charge in [-0.2, -0.15) is 0 Å². The van der Waals surface area contributed by atoms with Crippen molar-refractivity contribution in [2.24, 2.45) is 0 Å². The van der Waals surface area contributed by atoms with Crippen LogP contribution >= 0.6 is 0 Å². The maximum Gasteiger partial charge on any atom is 0.217 e. The van der Waals surface area contributed by atoms with E-state index in [1.54, 1.807) is 6.92 Å². The van der Waals surface area contributed by atoms with E-state index in [2.05, 4.69) is 0 Å². The first-order chi connectivity index (χ1) is 6.31. The molecule has 2 heteroatoms. The van der Waals surface area contributed by atoms with E-state index in [-0.39, 0.29) is 6.29 Å². The monoisotopic (exact) mass is 176 g/mol. The number of aldehydes is 1. The van der Waals surface area contributed by atoms with Crippen molar-refractivity contribution in [2.45, 2.75) is 6.92 Å². The molecule has 0 aliphatic carbocycles. The van der Waals surface area contributed by atoms with Gasteiger partial charge in [0.1, 0.15) is 0 Å². The smallest absolute Gasteiger partial charge is 0.217 e. The predicted octanol–water partition coefficient (Wildman–Crippen LogP) is 2.02. The van der Waals surface area contributed by atoms with E-state index >= 15 is 0 Å². The summed E-state index contributed by atoms with van der Waals surface area (Å²) in [7, 11) is 0. The van der Waals surface area contributed by atoms with Crippen LogP contribution in [0, 0.1) is 0 Å². The van der Waals surface area contributed by atoms with Crippen molar-refractivity contribution in [1.82, 2.24) is 0 Å². The van der Waals surface area contributed by atoms with Crippen LogP contribution < -0.4 is 0 Å². The summed E-state index contributed by atoms with van der Waals surface area (Å²) in [5.41, 5.74) is 0. The maximum absolute atomic E-state index is 9.96. The minimum absolute atomic E-state index is 0.278. The summed E-state index contributed by atoms with van der Waals surface area (Å²) in [5.74, 6) is -0.484. The molecule has 0 aliphatic heterocycles. The maximum atomic E-state index is 9.96. The van der Waals surface area contributed by atoms with E-state index < -0.39 is 5.78 Å². The number of hydrogen-bond acceptors (Lipinski definition) is 2. The zero-order valence-corrected chi connectivity index (χ0v) is 7.51. The normalized spacial score (nSPS) is 8.69. The summed E-state index contributed by atoms with van der Waals surface area (Å²) in [6, 6.07) is 12.0. The van der Waals surface area contributed by atoms with Crippen LogP contribution in [0.1, 0.15) is 6.92 Å². The second-order valence-corrected chi connectivity index (χ2v) is 2.17. The van der Waals surface area contributed by atoms with E-state index in [0.29, 0.717) is 0 Å². The molecule has 0 amide bonds. The zero-order valence-electron chi connectivity index (χ0n) is 7.51. The number of benzene rings is 1. The number of ketones is 1. The number of hydrogen-bond donors (Lipinski definition) is 0. The van der Waals surface area contributed by atoms with Crippen LogP contribution in [0.4, 0.5) is 0 Å². The number of carbonyl (C=O) groups is 2. The van der Waals surface area contributed by atoms with Crippen molar-refractivity contribution >= 4 is 12.1 Å². The highest BCUT2D eigenvalue weighted by Crippen LogP contribution is 1.79. The van der Waals surface area contributed by atoms with Gasteiger partial charge in [-0.15, -0.1) is 0 Å². The number of allylic oxidation sites excluding steroid dienone is 2. The fraction of sp³-hybridized carbons (Fsp3) is 0.0909. The average molecular weight is 176 g/mol. The summed E-state index contributed by atoms with van der Waals surface area (Å²) >= 11 is 0. The lowest BCUT2D eigenvalue weighted by atomic mass is 10.4. The lowest BCUT2D eigenvalue weighted by Gasteiger charge is -1.69. The summed E-state index contributed by atoms with van der Waals surface area (Å²) in [6.45, 7) is 1.68. The van der Waals surface area contributed by atoms with E-state index in [4.69, 9.17) is 0 Å². The van der Waals surface area contributed by atoms with Crippen molar-refractivity contribution in [3.05, 3.63) is 48.6 Å². The fourth-order valence-corrected chi connectivity index (χ4v) is 0.588. The molecule has 0 aromatic heterocycles. The van der Waals surface area contributed by atoms with Crippen LogP contribution in [-0.4, -0.2) is 12.1 Å². The molecule has 0 radical (unpaired) electrons. The Balaban J connectivity index is 0.000000223. The highest BCUT2D eigenvalue weighted by molar-refractivity contribution is 6.30. The molecule has 1 rings (SSSR count). The van der Waals surface area contributed by atoms with Gasteiger partial charge in [0, 0.05) is 0 Å². The van der Waals surface area contributed by atoms with Gasteiger partial charge in [0.2, 0.25) is 5.78 Å². The molecule has 0 bridgehead atoms. The second-order valence-electron chi connectivity index (χ2n) is 2.17. The van der Waals surface area contributed by atoms with Crippen molar-refractivity contribution in [3.8, 4) is 0 Å². The van der Waals surface area contributed by atoms with E-state index in [1.807, 2.05) is 36.4 Å². The highest BCUT2D eigenvalue weighted by Gasteiger charge is 1.84. The summed E-state index contributed by atoms with van der Waals surface area (Å²) in [6.07, 6.45) is 3.02. The van der Waals surface area contributed by atoms with E-state index in [0.717, 1.165) is 0 Å². The first-order valence-corrected chi connectivity index (χ1v) is 3.93. The van der Waals surface area contributed by atoms with Crippen LogP contribution in [0.25, 0.3) is 0 Å². The minimum atomic E-state index is -0.484. The molecule has 0 saturated heterocycles. The van der Waals surface area contributed by atoms with Crippen molar-refractivity contribution in [3.63, 3.8) is 0 Å². The molecular formula is C11H12O2. The Kier molecular flexibility index (Phi) is 7.30. The van der Waals surface area contributed by atoms with Gasteiger partial charge in [-0.3, -0.25) is 9.59 Å². The Morgan fingerprint density at radius 2 is 1.38 bits per heavy atom. The lowest BCUT2D eigenvalue weighted by Crippen LogP contribution is -1.89. The Morgan fingerprint density at radius 1 is 1.00 bits per heavy atom.